The lowest BCUT2D eigenvalue weighted by Crippen LogP contribution is -2.33. The van der Waals surface area contributed by atoms with Crippen molar-refractivity contribution in [1.29, 1.82) is 0 Å². The van der Waals surface area contributed by atoms with Crippen LogP contribution in [0, 0.1) is 10.8 Å². The Kier molecular flexibility index (Phi) is 12.2. The third kappa shape index (κ3) is 15.3. The van der Waals surface area contributed by atoms with E-state index >= 15 is 0 Å². The van der Waals surface area contributed by atoms with E-state index in [9.17, 15) is 4.79 Å². The number of nitrogens with one attached hydrogen (secondary N) is 1. The molecule has 0 rings (SSSR count). The molecule has 0 aromatic rings. The molecule has 0 atom stereocenters. The highest BCUT2D eigenvalue weighted by molar-refractivity contribution is 5.45. The van der Waals surface area contributed by atoms with Crippen molar-refractivity contribution >= 4 is 6.41 Å². The molecule has 116 valence electrons. The van der Waals surface area contributed by atoms with Gasteiger partial charge in [-0.2, -0.15) is 0 Å². The molecule has 0 aliphatic heterocycles. The van der Waals surface area contributed by atoms with Crippen molar-refractivity contribution in [2.45, 2.75) is 48.0 Å². The van der Waals surface area contributed by atoms with Crippen LogP contribution in [0.4, 0.5) is 0 Å². The summed E-state index contributed by atoms with van der Waals surface area (Å²) in [5.74, 6) is 0. The van der Waals surface area contributed by atoms with Crippen LogP contribution in [0.25, 0.3) is 0 Å². The zero-order valence-corrected chi connectivity index (χ0v) is 13.8. The van der Waals surface area contributed by atoms with Crippen LogP contribution in [0.3, 0.4) is 0 Å². The Morgan fingerprint density at radius 1 is 1.05 bits per heavy atom. The van der Waals surface area contributed by atoms with Crippen LogP contribution in [0.5, 0.6) is 0 Å². The number of hydrogen-bond acceptors (Lipinski definition) is 3. The Labute approximate surface area is 119 Å². The molecule has 0 aliphatic carbocycles. The van der Waals surface area contributed by atoms with E-state index in [0.717, 1.165) is 26.0 Å². The van der Waals surface area contributed by atoms with Gasteiger partial charge in [-0.25, -0.2) is 0 Å². The maximum atomic E-state index is 10.2. The van der Waals surface area contributed by atoms with Crippen molar-refractivity contribution in [3.05, 3.63) is 0 Å². The molecule has 0 spiro atoms. The molecule has 0 aromatic carbocycles. The largest absolute Gasteiger partial charge is 0.385 e. The highest BCUT2D eigenvalue weighted by Gasteiger charge is 2.20. The van der Waals surface area contributed by atoms with E-state index in [-0.39, 0.29) is 10.8 Å². The Morgan fingerprint density at radius 3 is 1.89 bits per heavy atom. The van der Waals surface area contributed by atoms with Crippen molar-refractivity contribution < 1.29 is 14.3 Å². The number of carbonyl (C=O) groups excluding carboxylic acids is 1. The van der Waals surface area contributed by atoms with Gasteiger partial charge in [0.15, 0.2) is 0 Å². The summed E-state index contributed by atoms with van der Waals surface area (Å²) in [5, 5.41) is 2.69. The first kappa shape index (κ1) is 20.7. The van der Waals surface area contributed by atoms with Crippen molar-refractivity contribution in [3.63, 3.8) is 0 Å². The number of rotatable bonds is 9. The standard InChI is InChI=1S/C12H25NO2.C3H8O/c1-6-11(2,3)8-15-9-12(4,5)7-13-10-14;1-3-4-2/h10H,6-9H2,1-5H3,(H,13,14);3H2,1-2H3. The summed E-state index contributed by atoms with van der Waals surface area (Å²) in [6.45, 7) is 15.6. The van der Waals surface area contributed by atoms with E-state index in [1.165, 1.54) is 0 Å². The van der Waals surface area contributed by atoms with Gasteiger partial charge in [-0.05, 0) is 18.8 Å². The van der Waals surface area contributed by atoms with Gasteiger partial charge in [0.05, 0.1) is 13.2 Å². The molecule has 0 radical (unpaired) electrons. The van der Waals surface area contributed by atoms with Gasteiger partial charge >= 0.3 is 0 Å². The quantitative estimate of drug-likeness (QED) is 0.658. The minimum atomic E-state index is 0.00469. The first-order valence-electron chi connectivity index (χ1n) is 6.98. The van der Waals surface area contributed by atoms with Gasteiger partial charge in [0, 0.05) is 25.7 Å². The average molecular weight is 275 g/mol. The maximum Gasteiger partial charge on any atom is 0.207 e. The van der Waals surface area contributed by atoms with E-state index in [0.29, 0.717) is 13.2 Å². The predicted molar refractivity (Wildman–Crippen MR) is 80.3 cm³/mol. The summed E-state index contributed by atoms with van der Waals surface area (Å²) in [4.78, 5) is 10.2. The van der Waals surface area contributed by atoms with Crippen molar-refractivity contribution in [2.75, 3.05) is 33.5 Å². The molecule has 19 heavy (non-hydrogen) atoms. The molecule has 0 heterocycles. The summed E-state index contributed by atoms with van der Waals surface area (Å²) >= 11 is 0. The van der Waals surface area contributed by atoms with E-state index < -0.39 is 0 Å². The molecule has 0 saturated heterocycles. The lowest BCUT2D eigenvalue weighted by molar-refractivity contribution is -0.110. The number of amides is 1. The summed E-state index contributed by atoms with van der Waals surface area (Å²) in [5.41, 5.74) is 0.249. The fraction of sp³-hybridized carbons (Fsp3) is 0.933. The van der Waals surface area contributed by atoms with Gasteiger partial charge in [-0.1, -0.05) is 34.6 Å². The number of methoxy groups -OCH3 is 1. The summed E-state index contributed by atoms with van der Waals surface area (Å²) in [6, 6.07) is 0. The van der Waals surface area contributed by atoms with Crippen LogP contribution < -0.4 is 5.32 Å². The molecule has 1 N–H and O–H groups in total. The minimum Gasteiger partial charge on any atom is -0.385 e. The van der Waals surface area contributed by atoms with Gasteiger partial charge in [-0.15, -0.1) is 0 Å². The third-order valence-corrected chi connectivity index (χ3v) is 2.90. The molecular formula is C15H33NO3. The van der Waals surface area contributed by atoms with E-state index in [1.54, 1.807) is 7.11 Å². The topological polar surface area (TPSA) is 47.6 Å². The van der Waals surface area contributed by atoms with Crippen molar-refractivity contribution in [2.24, 2.45) is 10.8 Å². The smallest absolute Gasteiger partial charge is 0.207 e. The summed E-state index contributed by atoms with van der Waals surface area (Å²) in [6.07, 6.45) is 1.84. The van der Waals surface area contributed by atoms with Crippen LogP contribution in [-0.4, -0.2) is 39.9 Å². The average Bonchev–Trinajstić information content (AvgIpc) is 2.36. The maximum absolute atomic E-state index is 10.2. The second-order valence-corrected chi connectivity index (χ2v) is 6.25. The molecule has 0 saturated carbocycles. The van der Waals surface area contributed by atoms with Crippen molar-refractivity contribution in [3.8, 4) is 0 Å². The molecule has 0 aromatic heterocycles. The molecule has 0 fully saturated rings. The fourth-order valence-electron chi connectivity index (χ4n) is 1.07. The van der Waals surface area contributed by atoms with Crippen LogP contribution in [-0.2, 0) is 14.3 Å². The van der Waals surface area contributed by atoms with Gasteiger partial charge in [0.1, 0.15) is 0 Å². The molecular weight excluding hydrogens is 242 g/mol. The van der Waals surface area contributed by atoms with Gasteiger partial charge in [-0.3, -0.25) is 4.79 Å². The van der Waals surface area contributed by atoms with E-state index in [2.05, 4.69) is 44.7 Å². The van der Waals surface area contributed by atoms with Crippen molar-refractivity contribution in [1.82, 2.24) is 5.32 Å². The van der Waals surface area contributed by atoms with Gasteiger partial charge in [0.25, 0.3) is 0 Å². The minimum absolute atomic E-state index is 0.00469. The van der Waals surface area contributed by atoms with E-state index in [4.69, 9.17) is 4.74 Å². The molecule has 0 bridgehead atoms. The Balaban J connectivity index is 0. The highest BCUT2D eigenvalue weighted by Crippen LogP contribution is 2.21. The fourth-order valence-corrected chi connectivity index (χ4v) is 1.07. The lowest BCUT2D eigenvalue weighted by atomic mass is 9.91. The number of hydrogen-bond donors (Lipinski definition) is 1. The summed E-state index contributed by atoms with van der Waals surface area (Å²) in [7, 11) is 1.68. The SMILES string of the molecule is CCC(C)(C)COCC(C)(C)CNC=O.CCOC. The molecule has 1 amide bonds. The second-order valence-electron chi connectivity index (χ2n) is 6.25. The molecule has 4 nitrogen and oxygen atoms in total. The highest BCUT2D eigenvalue weighted by atomic mass is 16.5. The van der Waals surface area contributed by atoms with Gasteiger partial charge < -0.3 is 14.8 Å². The lowest BCUT2D eigenvalue weighted by Gasteiger charge is -2.28. The number of carbonyl (C=O) groups is 1. The first-order chi connectivity index (χ1) is 8.74. The Hall–Kier alpha value is -0.610. The number of ether oxygens (including phenoxy) is 2. The van der Waals surface area contributed by atoms with Crippen LogP contribution in [0.1, 0.15) is 48.0 Å². The van der Waals surface area contributed by atoms with Gasteiger partial charge in [0.2, 0.25) is 6.41 Å². The third-order valence-electron chi connectivity index (χ3n) is 2.90. The Bertz CT molecular complexity index is 213. The summed E-state index contributed by atoms with van der Waals surface area (Å²) < 4.78 is 10.2. The molecule has 4 heteroatoms. The zero-order chi connectivity index (χ0) is 15.4. The first-order valence-corrected chi connectivity index (χ1v) is 6.98. The van der Waals surface area contributed by atoms with Crippen LogP contribution in [0.2, 0.25) is 0 Å². The van der Waals surface area contributed by atoms with Crippen LogP contribution in [0.15, 0.2) is 0 Å². The monoisotopic (exact) mass is 275 g/mol. The second kappa shape index (κ2) is 11.2. The Morgan fingerprint density at radius 2 is 1.53 bits per heavy atom. The van der Waals surface area contributed by atoms with E-state index in [1.807, 2.05) is 6.92 Å². The molecule has 0 unspecified atom stereocenters. The normalized spacial score (nSPS) is 11.5. The molecule has 0 aliphatic rings. The zero-order valence-electron chi connectivity index (χ0n) is 13.8. The van der Waals surface area contributed by atoms with Crippen LogP contribution >= 0.6 is 0 Å². The predicted octanol–water partition coefficient (Wildman–Crippen LogP) is 2.86.